The van der Waals surface area contributed by atoms with Gasteiger partial charge in [-0.1, -0.05) is 30.3 Å². The predicted molar refractivity (Wildman–Crippen MR) is 95.7 cm³/mol. The van der Waals surface area contributed by atoms with Crippen LogP contribution < -0.4 is 9.64 Å². The summed E-state index contributed by atoms with van der Waals surface area (Å²) in [5, 5.41) is 8.63. The summed E-state index contributed by atoms with van der Waals surface area (Å²) in [7, 11) is 2.16. The molecule has 1 fully saturated rings. The van der Waals surface area contributed by atoms with Gasteiger partial charge in [0.2, 0.25) is 0 Å². The highest BCUT2D eigenvalue weighted by atomic mass is 16.5. The van der Waals surface area contributed by atoms with Crippen molar-refractivity contribution in [3.8, 4) is 16.9 Å². The number of hydrogen-bond acceptors (Lipinski definition) is 3. The van der Waals surface area contributed by atoms with Crippen molar-refractivity contribution in [2.45, 2.75) is 31.7 Å². The molecule has 4 heteroatoms. The van der Waals surface area contributed by atoms with Crippen LogP contribution in [0.15, 0.2) is 48.5 Å². The molecule has 24 heavy (non-hydrogen) atoms. The number of carboxylic acid groups (broad SMARTS) is 1. The van der Waals surface area contributed by atoms with Crippen LogP contribution in [0.3, 0.4) is 0 Å². The Morgan fingerprint density at radius 3 is 2.54 bits per heavy atom. The van der Waals surface area contributed by atoms with Gasteiger partial charge in [-0.3, -0.25) is 4.79 Å². The van der Waals surface area contributed by atoms with Gasteiger partial charge in [0.1, 0.15) is 5.75 Å². The zero-order valence-corrected chi connectivity index (χ0v) is 13.9. The molecule has 1 aliphatic rings. The van der Waals surface area contributed by atoms with Crippen LogP contribution >= 0.6 is 0 Å². The second kappa shape index (κ2) is 7.39. The Morgan fingerprint density at radius 1 is 1.17 bits per heavy atom. The molecular weight excluding hydrogens is 302 g/mol. The number of rotatable bonds is 8. The fourth-order valence-electron chi connectivity index (χ4n) is 2.83. The largest absolute Gasteiger partial charge is 0.494 e. The molecule has 0 unspecified atom stereocenters. The van der Waals surface area contributed by atoms with E-state index in [4.69, 9.17) is 9.84 Å². The van der Waals surface area contributed by atoms with E-state index in [2.05, 4.69) is 48.3 Å². The molecule has 0 heterocycles. The van der Waals surface area contributed by atoms with Gasteiger partial charge < -0.3 is 14.7 Å². The molecule has 0 saturated heterocycles. The lowest BCUT2D eigenvalue weighted by Gasteiger charge is -2.22. The minimum atomic E-state index is -0.787. The molecule has 0 amide bonds. The van der Waals surface area contributed by atoms with Crippen LogP contribution in [0.2, 0.25) is 0 Å². The van der Waals surface area contributed by atoms with E-state index in [1.807, 2.05) is 12.1 Å². The molecule has 0 spiro atoms. The Morgan fingerprint density at radius 2 is 1.88 bits per heavy atom. The first-order valence-electron chi connectivity index (χ1n) is 8.42. The third-order valence-electron chi connectivity index (χ3n) is 4.35. The van der Waals surface area contributed by atoms with Gasteiger partial charge in [0.25, 0.3) is 0 Å². The van der Waals surface area contributed by atoms with Gasteiger partial charge in [-0.2, -0.15) is 0 Å². The summed E-state index contributed by atoms with van der Waals surface area (Å²) in [5.41, 5.74) is 3.65. The number of anilines is 1. The maximum Gasteiger partial charge on any atom is 0.303 e. The Bertz CT molecular complexity index is 692. The fraction of sp³-hybridized carbons (Fsp3) is 0.350. The third kappa shape index (κ3) is 4.07. The van der Waals surface area contributed by atoms with Gasteiger partial charge in [-0.15, -0.1) is 0 Å². The van der Waals surface area contributed by atoms with Crippen molar-refractivity contribution in [3.05, 3.63) is 48.5 Å². The number of carboxylic acids is 1. The lowest BCUT2D eigenvalue weighted by atomic mass is 10.0. The number of benzene rings is 2. The normalized spacial score (nSPS) is 13.5. The molecule has 0 bridgehead atoms. The van der Waals surface area contributed by atoms with Crippen LogP contribution in [-0.4, -0.2) is 30.8 Å². The highest BCUT2D eigenvalue weighted by Gasteiger charge is 2.27. The minimum Gasteiger partial charge on any atom is -0.494 e. The van der Waals surface area contributed by atoms with E-state index >= 15 is 0 Å². The van der Waals surface area contributed by atoms with Crippen molar-refractivity contribution in [1.29, 1.82) is 0 Å². The molecule has 0 radical (unpaired) electrons. The zero-order chi connectivity index (χ0) is 16.9. The van der Waals surface area contributed by atoms with Crippen molar-refractivity contribution in [2.24, 2.45) is 0 Å². The van der Waals surface area contributed by atoms with Gasteiger partial charge in [-0.05, 0) is 43.0 Å². The average molecular weight is 325 g/mol. The molecule has 1 saturated carbocycles. The lowest BCUT2D eigenvalue weighted by Crippen LogP contribution is -2.19. The van der Waals surface area contributed by atoms with Crippen LogP contribution in [0, 0.1) is 0 Å². The first-order chi connectivity index (χ1) is 11.6. The van der Waals surface area contributed by atoms with E-state index < -0.39 is 5.97 Å². The summed E-state index contributed by atoms with van der Waals surface area (Å²) in [6.07, 6.45) is 3.20. The van der Waals surface area contributed by atoms with Crippen molar-refractivity contribution < 1.29 is 14.6 Å². The van der Waals surface area contributed by atoms with Crippen LogP contribution in [0.1, 0.15) is 25.7 Å². The lowest BCUT2D eigenvalue weighted by molar-refractivity contribution is -0.137. The van der Waals surface area contributed by atoms with E-state index in [-0.39, 0.29) is 6.42 Å². The maximum absolute atomic E-state index is 10.5. The molecule has 1 aliphatic carbocycles. The number of ether oxygens (including phenoxy) is 1. The summed E-state index contributed by atoms with van der Waals surface area (Å²) in [4.78, 5) is 12.9. The Hall–Kier alpha value is -2.49. The third-order valence-corrected chi connectivity index (χ3v) is 4.35. The maximum atomic E-state index is 10.5. The number of aliphatic carboxylic acids is 1. The summed E-state index contributed by atoms with van der Waals surface area (Å²) in [5.74, 6) is -0.0116. The molecule has 2 aromatic carbocycles. The summed E-state index contributed by atoms with van der Waals surface area (Å²) < 4.78 is 5.60. The molecular formula is C20H23NO3. The van der Waals surface area contributed by atoms with Crippen molar-refractivity contribution in [1.82, 2.24) is 0 Å². The average Bonchev–Trinajstić information content (AvgIpc) is 3.44. The molecule has 4 nitrogen and oxygen atoms in total. The SMILES string of the molecule is CN(c1ccccc1-c1ccc(OCCCC(=O)O)cc1)C1CC1. The highest BCUT2D eigenvalue weighted by molar-refractivity contribution is 5.79. The van der Waals surface area contributed by atoms with E-state index in [9.17, 15) is 4.79 Å². The fourth-order valence-corrected chi connectivity index (χ4v) is 2.83. The van der Waals surface area contributed by atoms with Crippen LogP contribution in [0.4, 0.5) is 5.69 Å². The van der Waals surface area contributed by atoms with Gasteiger partial charge in [0.15, 0.2) is 0 Å². The van der Waals surface area contributed by atoms with Crippen LogP contribution in [0.25, 0.3) is 11.1 Å². The molecule has 1 N–H and O–H groups in total. The van der Waals surface area contributed by atoms with Gasteiger partial charge in [-0.25, -0.2) is 0 Å². The predicted octanol–water partition coefficient (Wildman–Crippen LogP) is 4.20. The Kier molecular flexibility index (Phi) is 5.04. The molecule has 0 aromatic heterocycles. The van der Waals surface area contributed by atoms with E-state index in [0.29, 0.717) is 19.1 Å². The minimum absolute atomic E-state index is 0.138. The van der Waals surface area contributed by atoms with Crippen molar-refractivity contribution >= 4 is 11.7 Å². The van der Waals surface area contributed by atoms with E-state index in [1.165, 1.54) is 24.1 Å². The smallest absolute Gasteiger partial charge is 0.303 e. The van der Waals surface area contributed by atoms with Crippen LogP contribution in [-0.2, 0) is 4.79 Å². The van der Waals surface area contributed by atoms with Gasteiger partial charge in [0.05, 0.1) is 6.61 Å². The second-order valence-corrected chi connectivity index (χ2v) is 6.23. The Labute approximate surface area is 142 Å². The van der Waals surface area contributed by atoms with Gasteiger partial charge >= 0.3 is 5.97 Å². The molecule has 2 aromatic rings. The molecule has 126 valence electrons. The van der Waals surface area contributed by atoms with Crippen molar-refractivity contribution in [2.75, 3.05) is 18.6 Å². The van der Waals surface area contributed by atoms with Crippen molar-refractivity contribution in [3.63, 3.8) is 0 Å². The van der Waals surface area contributed by atoms with Gasteiger partial charge in [0, 0.05) is 30.8 Å². The number of hydrogen-bond donors (Lipinski definition) is 1. The number of nitrogens with zero attached hydrogens (tertiary/aromatic N) is 1. The number of carbonyl (C=O) groups is 1. The standard InChI is InChI=1S/C20H23NO3/c1-21(16-10-11-16)19-6-3-2-5-18(19)15-8-12-17(13-9-15)24-14-4-7-20(22)23/h2-3,5-6,8-9,12-13,16H,4,7,10-11,14H2,1H3,(H,22,23). The zero-order valence-electron chi connectivity index (χ0n) is 13.9. The first kappa shape index (κ1) is 16.4. The summed E-state index contributed by atoms with van der Waals surface area (Å²) in [6, 6.07) is 17.2. The molecule has 3 rings (SSSR count). The van der Waals surface area contributed by atoms with E-state index in [0.717, 1.165) is 11.3 Å². The summed E-state index contributed by atoms with van der Waals surface area (Å²) in [6.45, 7) is 0.423. The number of para-hydroxylation sites is 1. The quantitative estimate of drug-likeness (QED) is 0.739. The van der Waals surface area contributed by atoms with E-state index in [1.54, 1.807) is 0 Å². The second-order valence-electron chi connectivity index (χ2n) is 6.23. The highest BCUT2D eigenvalue weighted by Crippen LogP contribution is 2.36. The van der Waals surface area contributed by atoms with Crippen LogP contribution in [0.5, 0.6) is 5.75 Å². The first-order valence-corrected chi connectivity index (χ1v) is 8.42. The topological polar surface area (TPSA) is 49.8 Å². The molecule has 0 aliphatic heterocycles. The Balaban J connectivity index is 1.68. The molecule has 0 atom stereocenters. The summed E-state index contributed by atoms with van der Waals surface area (Å²) >= 11 is 0. The monoisotopic (exact) mass is 325 g/mol.